The molecular weight excluding hydrogens is 705 g/mol. The van der Waals surface area contributed by atoms with Crippen molar-refractivity contribution >= 4 is 22.0 Å². The molecule has 14 nitrogen and oxygen atoms in total. The fourth-order valence-corrected chi connectivity index (χ4v) is 10.7. The van der Waals surface area contributed by atoms with E-state index in [2.05, 4.69) is 19.2 Å². The van der Waals surface area contributed by atoms with E-state index in [9.17, 15) is 53.2 Å². The fraction of sp³-hybridized carbons (Fsp3) is 0.935. The van der Waals surface area contributed by atoms with E-state index in [0.29, 0.717) is 38.5 Å². The zero-order chi connectivity index (χ0) is 33.9. The topological polar surface area (TPSA) is 246 Å². The summed E-state index contributed by atoms with van der Waals surface area (Å²) in [5, 5.41) is 67.7. The zero-order valence-electron chi connectivity index (χ0n) is 28.6. The van der Waals surface area contributed by atoms with Crippen LogP contribution < -0.4 is 113 Å². The third kappa shape index (κ3) is 8.70. The van der Waals surface area contributed by atoms with Gasteiger partial charge >= 0.3 is 103 Å². The van der Waals surface area contributed by atoms with Gasteiger partial charge in [-0.1, -0.05) is 20.8 Å². The minimum absolute atomic E-state index is 0. The molecule has 0 aromatic carbocycles. The van der Waals surface area contributed by atoms with Gasteiger partial charge in [-0.05, 0) is 97.7 Å². The number of hydrogen-bond donors (Lipinski definition) is 6. The Morgan fingerprint density at radius 3 is 2.27 bits per heavy atom. The van der Waals surface area contributed by atoms with Crippen molar-refractivity contribution < 1.29 is 165 Å². The predicted octanol–water partition coefficient (Wildman–Crippen LogP) is -7.43. The smallest absolute Gasteiger partial charge is 0.747 e. The molecule has 0 bridgehead atoms. The number of carboxylic acids is 1. The van der Waals surface area contributed by atoms with E-state index in [1.165, 1.54) is 0 Å². The summed E-state index contributed by atoms with van der Waals surface area (Å²) in [5.41, 5.74) is -0.694. The molecule has 6 N–H and O–H groups in total. The van der Waals surface area contributed by atoms with Gasteiger partial charge in [0.1, 0.15) is 40.4 Å². The van der Waals surface area contributed by atoms with Crippen LogP contribution in [0.5, 0.6) is 0 Å². The van der Waals surface area contributed by atoms with Crippen LogP contribution in [-0.2, 0) is 29.2 Å². The van der Waals surface area contributed by atoms with Crippen LogP contribution in [0.3, 0.4) is 0 Å². The molecule has 0 spiro atoms. The summed E-state index contributed by atoms with van der Waals surface area (Å²) in [6.07, 6.45) is -5.35. The van der Waals surface area contributed by atoms with Crippen LogP contribution in [-0.4, -0.2) is 105 Å². The Morgan fingerprint density at radius 2 is 1.65 bits per heavy atom. The molecule has 16 atom stereocenters. The molecule has 1 amide bonds. The zero-order valence-corrected chi connectivity index (χ0v) is 35.6. The van der Waals surface area contributed by atoms with Gasteiger partial charge in [-0.3, -0.25) is 4.79 Å². The number of nitrogens with one attached hydrogen (secondary N) is 1. The number of carbonyl (C=O) groups is 2. The second-order valence-electron chi connectivity index (χ2n) is 15.2. The van der Waals surface area contributed by atoms with Crippen molar-refractivity contribution in [3.8, 4) is 0 Å². The van der Waals surface area contributed by atoms with Gasteiger partial charge in [0.2, 0.25) is 5.91 Å². The van der Waals surface area contributed by atoms with Gasteiger partial charge in [-0.15, -0.1) is 0 Å². The maximum absolute atomic E-state index is 12.2. The molecular formula is C31H49K2NO13S. The molecule has 5 fully saturated rings. The second-order valence-corrected chi connectivity index (χ2v) is 16.6. The molecule has 264 valence electrons. The van der Waals surface area contributed by atoms with Gasteiger partial charge in [0.15, 0.2) is 6.29 Å². The fourth-order valence-electron chi connectivity index (χ4n) is 10.4. The van der Waals surface area contributed by atoms with Gasteiger partial charge in [0, 0.05) is 6.42 Å². The SMILES string of the molecule is C[C@H](CCC(=O)NCS(=O)(=O)[O-])[C@H]1CC[C@H]2[C@@H]3[C@H](O)C[C@@H]4C[C@H](O[C@@H]5O[C@H](C(=O)[O-])[C@@H](O)C(O)[C@H]5O)CC[C@]4(C)[C@H]3C[C@H](O)[C@]12C.[K+].[K+]. The Kier molecular flexibility index (Phi) is 15.8. The average Bonchev–Trinajstić information content (AvgIpc) is 3.34. The minimum atomic E-state index is -4.56. The molecule has 1 saturated heterocycles. The number of fused-ring (bicyclic) bond motifs is 5. The van der Waals surface area contributed by atoms with E-state index in [0.717, 1.165) is 12.8 Å². The van der Waals surface area contributed by atoms with Crippen molar-refractivity contribution in [1.82, 2.24) is 5.32 Å². The van der Waals surface area contributed by atoms with E-state index in [1.807, 2.05) is 6.92 Å². The van der Waals surface area contributed by atoms with Crippen LogP contribution in [0.1, 0.15) is 78.6 Å². The van der Waals surface area contributed by atoms with Crippen LogP contribution in [0.15, 0.2) is 0 Å². The Bertz CT molecular complexity index is 1260. The van der Waals surface area contributed by atoms with Gasteiger partial charge < -0.3 is 54.8 Å². The van der Waals surface area contributed by atoms with Crippen molar-refractivity contribution in [2.24, 2.45) is 46.3 Å². The van der Waals surface area contributed by atoms with Crippen molar-refractivity contribution in [2.45, 2.75) is 128 Å². The van der Waals surface area contributed by atoms with E-state index >= 15 is 0 Å². The Morgan fingerprint density at radius 1 is 0.979 bits per heavy atom. The number of aliphatic hydroxyl groups excluding tert-OH is 5. The van der Waals surface area contributed by atoms with Crippen LogP contribution in [0, 0.1) is 46.3 Å². The Hall–Kier alpha value is 1.84. The number of carboxylic acid groups (broad SMARTS) is 1. The van der Waals surface area contributed by atoms with Crippen LogP contribution in [0.4, 0.5) is 0 Å². The molecule has 5 rings (SSSR count). The Balaban J connectivity index is 0.00000312. The normalized spacial score (nSPS) is 46.1. The largest absolute Gasteiger partial charge is 1.00 e. The van der Waals surface area contributed by atoms with Gasteiger partial charge in [-0.2, -0.15) is 0 Å². The summed E-state index contributed by atoms with van der Waals surface area (Å²) in [6.45, 7) is 6.34. The van der Waals surface area contributed by atoms with Gasteiger partial charge in [-0.25, -0.2) is 8.42 Å². The number of aliphatic carboxylic acids is 1. The molecule has 4 aliphatic carbocycles. The van der Waals surface area contributed by atoms with Crippen molar-refractivity contribution in [2.75, 3.05) is 5.88 Å². The van der Waals surface area contributed by atoms with E-state index in [4.69, 9.17) is 9.47 Å². The predicted molar refractivity (Wildman–Crippen MR) is 156 cm³/mol. The first-order valence-electron chi connectivity index (χ1n) is 16.5. The third-order valence-electron chi connectivity index (χ3n) is 12.9. The van der Waals surface area contributed by atoms with Gasteiger partial charge in [0.05, 0.1) is 24.3 Å². The summed E-state index contributed by atoms with van der Waals surface area (Å²) in [5.74, 6) is -2.95. The van der Waals surface area contributed by atoms with Gasteiger partial charge in [0.25, 0.3) is 0 Å². The maximum atomic E-state index is 12.2. The molecule has 5 aliphatic rings. The summed E-state index contributed by atoms with van der Waals surface area (Å²) >= 11 is 0. The number of aliphatic hydroxyl groups is 5. The molecule has 1 heterocycles. The standard InChI is InChI=1S/C31H51NO13S.2K/c1-14(4-7-22(35)32-13-46(41,42)43)17-5-6-18-23-19(12-21(34)31(17,18)3)30(2)9-8-16(10-15(30)11-20(23)33)44-29-26(38)24(36)25(37)27(45-29)28(39)40;;/h14-21,23-27,29,33-34,36-38H,4-13H2,1-3H3,(H,32,35)(H,39,40)(H,41,42,43);;/q;2*+1/p-2/t14-,15+,16-,17-,18+,19+,20-,21+,23+,24?,25+,26-,27+,29-,30+,31-;;/m1../s1. The first kappa shape index (κ1) is 44.2. The van der Waals surface area contributed by atoms with Crippen molar-refractivity contribution in [3.05, 3.63) is 0 Å². The Labute approximate surface area is 367 Å². The summed E-state index contributed by atoms with van der Waals surface area (Å²) in [6, 6.07) is 0. The first-order valence-corrected chi connectivity index (χ1v) is 18.1. The van der Waals surface area contributed by atoms with Crippen molar-refractivity contribution in [3.63, 3.8) is 0 Å². The number of carbonyl (C=O) groups excluding carboxylic acids is 2. The molecule has 1 aliphatic heterocycles. The van der Waals surface area contributed by atoms with Crippen molar-refractivity contribution in [1.29, 1.82) is 0 Å². The van der Waals surface area contributed by atoms with Crippen LogP contribution in [0.25, 0.3) is 0 Å². The molecule has 4 saturated carbocycles. The second kappa shape index (κ2) is 17.1. The molecule has 48 heavy (non-hydrogen) atoms. The average molecular weight is 754 g/mol. The molecule has 17 heteroatoms. The molecule has 1 unspecified atom stereocenters. The van der Waals surface area contributed by atoms with Crippen LogP contribution >= 0.6 is 0 Å². The van der Waals surface area contributed by atoms with E-state index in [1.54, 1.807) is 0 Å². The molecule has 0 aromatic rings. The number of amides is 1. The minimum Gasteiger partial charge on any atom is -0.747 e. The monoisotopic (exact) mass is 753 g/mol. The summed E-state index contributed by atoms with van der Waals surface area (Å²) in [4.78, 5) is 23.6. The first-order chi connectivity index (χ1) is 21.4. The van der Waals surface area contributed by atoms with Crippen LogP contribution in [0.2, 0.25) is 0 Å². The number of ether oxygens (including phenoxy) is 2. The third-order valence-corrected chi connectivity index (χ3v) is 13.4. The van der Waals surface area contributed by atoms with E-state index < -0.39 is 82.3 Å². The maximum Gasteiger partial charge on any atom is 1.00 e. The molecule has 0 aromatic heterocycles. The summed E-state index contributed by atoms with van der Waals surface area (Å²) < 4.78 is 43.8. The molecule has 0 radical (unpaired) electrons. The quantitative estimate of drug-likeness (QED) is 0.0729. The summed E-state index contributed by atoms with van der Waals surface area (Å²) in [7, 11) is -4.56. The number of rotatable bonds is 9. The van der Waals surface area contributed by atoms with E-state index in [-0.39, 0.29) is 150 Å². The number of hydrogen-bond acceptors (Lipinski definition) is 13.